The van der Waals surface area contributed by atoms with Gasteiger partial charge in [-0.25, -0.2) is 0 Å². The molecule has 1 aromatic carbocycles. The van der Waals surface area contributed by atoms with Crippen LogP contribution in [0.15, 0.2) is 28.1 Å². The molecule has 17 heavy (non-hydrogen) atoms. The number of nitrogens with two attached hydrogens (primary N) is 1. The summed E-state index contributed by atoms with van der Waals surface area (Å²) in [5.41, 5.74) is 10.2. The number of anilines is 2. The molecule has 2 rings (SSSR count). The van der Waals surface area contributed by atoms with Gasteiger partial charge in [-0.3, -0.25) is 0 Å². The average Bonchev–Trinajstić information content (AvgIpc) is 2.68. The molecular weight excluding hydrogens is 296 g/mol. The number of halogens is 1. The quantitative estimate of drug-likeness (QED) is 0.828. The Kier molecular flexibility index (Phi) is 3.74. The minimum Gasteiger partial charge on any atom is -0.398 e. The van der Waals surface area contributed by atoms with Gasteiger partial charge in [0.05, 0.1) is 0 Å². The minimum atomic E-state index is 0.815. The number of nitrogens with one attached hydrogen (secondary N) is 1. The van der Waals surface area contributed by atoms with Gasteiger partial charge in [-0.15, -0.1) is 11.3 Å². The summed E-state index contributed by atoms with van der Waals surface area (Å²) in [7, 11) is 0. The molecule has 0 fully saturated rings. The first-order valence-electron chi connectivity index (χ1n) is 5.40. The molecule has 0 aliphatic heterocycles. The monoisotopic (exact) mass is 310 g/mol. The van der Waals surface area contributed by atoms with Gasteiger partial charge < -0.3 is 11.1 Å². The van der Waals surface area contributed by atoms with E-state index in [0.29, 0.717) is 0 Å². The number of benzene rings is 1. The summed E-state index contributed by atoms with van der Waals surface area (Å²) in [6.45, 7) is 5.01. The van der Waals surface area contributed by atoms with Crippen LogP contribution in [0.4, 0.5) is 11.4 Å². The van der Waals surface area contributed by atoms with Crippen molar-refractivity contribution < 1.29 is 0 Å². The molecule has 0 amide bonds. The minimum absolute atomic E-state index is 0.815. The highest BCUT2D eigenvalue weighted by atomic mass is 79.9. The van der Waals surface area contributed by atoms with Crippen LogP contribution in [-0.4, -0.2) is 0 Å². The van der Waals surface area contributed by atoms with Gasteiger partial charge in [-0.2, -0.15) is 0 Å². The molecule has 0 aliphatic carbocycles. The highest BCUT2D eigenvalue weighted by Gasteiger charge is 2.05. The number of rotatable bonds is 3. The second-order valence-corrected chi connectivity index (χ2v) is 5.92. The van der Waals surface area contributed by atoms with E-state index < -0.39 is 0 Å². The Bertz CT molecular complexity index is 534. The van der Waals surface area contributed by atoms with E-state index in [9.17, 15) is 0 Å². The molecular formula is C13H15BrN2S. The van der Waals surface area contributed by atoms with Crippen molar-refractivity contribution in [2.24, 2.45) is 0 Å². The topological polar surface area (TPSA) is 38.0 Å². The molecule has 2 nitrogen and oxygen atoms in total. The Morgan fingerprint density at radius 1 is 1.29 bits per heavy atom. The van der Waals surface area contributed by atoms with Crippen LogP contribution >= 0.6 is 27.3 Å². The van der Waals surface area contributed by atoms with E-state index in [4.69, 9.17) is 5.73 Å². The molecule has 0 saturated heterocycles. The third-order valence-corrected chi connectivity index (χ3v) is 4.44. The first kappa shape index (κ1) is 12.5. The molecule has 0 bridgehead atoms. The number of hydrogen-bond acceptors (Lipinski definition) is 3. The SMILES string of the molecule is Cc1cc(NCc2sccc2C)c(Br)cc1N. The molecule has 1 heterocycles. The van der Waals surface area contributed by atoms with Crippen molar-refractivity contribution in [1.82, 2.24) is 0 Å². The summed E-state index contributed by atoms with van der Waals surface area (Å²) in [6.07, 6.45) is 0. The lowest BCUT2D eigenvalue weighted by molar-refractivity contribution is 1.16. The van der Waals surface area contributed by atoms with E-state index in [1.54, 1.807) is 11.3 Å². The largest absolute Gasteiger partial charge is 0.398 e. The lowest BCUT2D eigenvalue weighted by Gasteiger charge is -2.11. The first-order chi connectivity index (χ1) is 8.08. The number of hydrogen-bond donors (Lipinski definition) is 2. The summed E-state index contributed by atoms with van der Waals surface area (Å²) in [5.74, 6) is 0. The van der Waals surface area contributed by atoms with E-state index in [0.717, 1.165) is 28.0 Å². The second kappa shape index (κ2) is 5.10. The molecule has 0 saturated carbocycles. The van der Waals surface area contributed by atoms with E-state index in [-0.39, 0.29) is 0 Å². The van der Waals surface area contributed by atoms with Crippen molar-refractivity contribution in [3.63, 3.8) is 0 Å². The molecule has 1 aromatic heterocycles. The van der Waals surface area contributed by atoms with Crippen molar-refractivity contribution in [3.8, 4) is 0 Å². The molecule has 0 atom stereocenters. The summed E-state index contributed by atoms with van der Waals surface area (Å²) in [6, 6.07) is 6.16. The van der Waals surface area contributed by atoms with Gasteiger partial charge >= 0.3 is 0 Å². The van der Waals surface area contributed by atoms with Gasteiger partial charge in [0.15, 0.2) is 0 Å². The van der Waals surface area contributed by atoms with Gasteiger partial charge in [-0.1, -0.05) is 0 Å². The van der Waals surface area contributed by atoms with Crippen LogP contribution in [-0.2, 0) is 6.54 Å². The maximum atomic E-state index is 5.85. The summed E-state index contributed by atoms with van der Waals surface area (Å²) >= 11 is 5.30. The predicted octanol–water partition coefficient (Wildman–Crippen LogP) is 4.32. The summed E-state index contributed by atoms with van der Waals surface area (Å²) in [4.78, 5) is 1.37. The van der Waals surface area contributed by atoms with E-state index in [1.165, 1.54) is 10.4 Å². The van der Waals surface area contributed by atoms with Crippen LogP contribution in [0, 0.1) is 13.8 Å². The van der Waals surface area contributed by atoms with Crippen molar-refractivity contribution >= 4 is 38.6 Å². The summed E-state index contributed by atoms with van der Waals surface area (Å²) < 4.78 is 1.01. The maximum absolute atomic E-state index is 5.85. The predicted molar refractivity (Wildman–Crippen MR) is 79.7 cm³/mol. The number of thiophene rings is 1. The van der Waals surface area contributed by atoms with Crippen LogP contribution < -0.4 is 11.1 Å². The van der Waals surface area contributed by atoms with Crippen molar-refractivity contribution in [2.45, 2.75) is 20.4 Å². The van der Waals surface area contributed by atoms with Crippen LogP contribution in [0.25, 0.3) is 0 Å². The molecule has 0 unspecified atom stereocenters. The van der Waals surface area contributed by atoms with Crippen molar-refractivity contribution in [1.29, 1.82) is 0 Å². The maximum Gasteiger partial charge on any atom is 0.0497 e. The van der Waals surface area contributed by atoms with Gasteiger partial charge in [0, 0.05) is 27.3 Å². The fourth-order valence-electron chi connectivity index (χ4n) is 1.59. The molecule has 90 valence electrons. The van der Waals surface area contributed by atoms with Gasteiger partial charge in [0.2, 0.25) is 0 Å². The molecule has 0 radical (unpaired) electrons. The van der Waals surface area contributed by atoms with Crippen molar-refractivity contribution in [2.75, 3.05) is 11.1 Å². The zero-order chi connectivity index (χ0) is 12.4. The Balaban J connectivity index is 2.14. The van der Waals surface area contributed by atoms with Crippen LogP contribution in [0.2, 0.25) is 0 Å². The number of aryl methyl sites for hydroxylation is 2. The van der Waals surface area contributed by atoms with Crippen LogP contribution in [0.3, 0.4) is 0 Å². The average molecular weight is 311 g/mol. The Hall–Kier alpha value is -1.00. The fraction of sp³-hybridized carbons (Fsp3) is 0.231. The number of nitrogen functional groups attached to an aromatic ring is 1. The Morgan fingerprint density at radius 3 is 2.71 bits per heavy atom. The lowest BCUT2D eigenvalue weighted by atomic mass is 10.2. The lowest BCUT2D eigenvalue weighted by Crippen LogP contribution is -2.01. The van der Waals surface area contributed by atoms with Gasteiger partial charge in [0.1, 0.15) is 0 Å². The third-order valence-electron chi connectivity index (χ3n) is 2.76. The third kappa shape index (κ3) is 2.82. The Morgan fingerprint density at radius 2 is 2.06 bits per heavy atom. The first-order valence-corrected chi connectivity index (χ1v) is 7.07. The normalized spacial score (nSPS) is 10.5. The Labute approximate surface area is 114 Å². The zero-order valence-corrected chi connectivity index (χ0v) is 12.3. The van der Waals surface area contributed by atoms with Crippen LogP contribution in [0.1, 0.15) is 16.0 Å². The molecule has 4 heteroatoms. The van der Waals surface area contributed by atoms with Crippen molar-refractivity contribution in [3.05, 3.63) is 44.1 Å². The van der Waals surface area contributed by atoms with Crippen LogP contribution in [0.5, 0.6) is 0 Å². The van der Waals surface area contributed by atoms with Gasteiger partial charge in [-0.05, 0) is 64.5 Å². The molecule has 0 aliphatic rings. The fourth-order valence-corrected chi connectivity index (χ4v) is 2.94. The highest BCUT2D eigenvalue weighted by molar-refractivity contribution is 9.10. The zero-order valence-electron chi connectivity index (χ0n) is 9.88. The molecule has 2 aromatic rings. The highest BCUT2D eigenvalue weighted by Crippen LogP contribution is 2.28. The standard InChI is InChI=1S/C13H15BrN2S/c1-8-3-4-17-13(8)7-16-12-5-9(2)11(15)6-10(12)14/h3-6,16H,7,15H2,1-2H3. The van der Waals surface area contributed by atoms with E-state index in [1.807, 2.05) is 13.0 Å². The van der Waals surface area contributed by atoms with E-state index in [2.05, 4.69) is 45.7 Å². The molecule has 3 N–H and O–H groups in total. The smallest absolute Gasteiger partial charge is 0.0497 e. The van der Waals surface area contributed by atoms with Gasteiger partial charge in [0.25, 0.3) is 0 Å². The van der Waals surface area contributed by atoms with E-state index >= 15 is 0 Å². The second-order valence-electron chi connectivity index (χ2n) is 4.07. The molecule has 0 spiro atoms. The summed E-state index contributed by atoms with van der Waals surface area (Å²) in [5, 5.41) is 5.55.